The Kier molecular flexibility index (Phi) is 7.10. The molecule has 0 bridgehead atoms. The summed E-state index contributed by atoms with van der Waals surface area (Å²) >= 11 is 0. The molecule has 258 valence electrons. The number of fused-ring (bicyclic) bond motifs is 9. The molecule has 11 rings (SSSR count). The van der Waals surface area contributed by atoms with Crippen LogP contribution in [0.1, 0.15) is 0 Å². The first kappa shape index (κ1) is 31.1. The van der Waals surface area contributed by atoms with E-state index >= 15 is 0 Å². The normalized spacial score (nSPS) is 11.6. The molecule has 11 aromatic rings. The average Bonchev–Trinajstić information content (AvgIpc) is 3.84. The van der Waals surface area contributed by atoms with Gasteiger partial charge in [0.15, 0.2) is 0 Å². The highest BCUT2D eigenvalue weighted by Crippen LogP contribution is 2.43. The van der Waals surface area contributed by atoms with Crippen LogP contribution in [0.3, 0.4) is 0 Å². The Balaban J connectivity index is 1.11. The molecule has 4 heterocycles. The van der Waals surface area contributed by atoms with Gasteiger partial charge in [0, 0.05) is 38.9 Å². The molecule has 5 heteroatoms. The monoisotopic (exact) mass is 704 g/mol. The van der Waals surface area contributed by atoms with Gasteiger partial charge in [-0.3, -0.25) is 8.97 Å². The van der Waals surface area contributed by atoms with Crippen molar-refractivity contribution >= 4 is 49.3 Å². The van der Waals surface area contributed by atoms with Crippen molar-refractivity contribution in [1.82, 2.24) is 18.9 Å². The highest BCUT2D eigenvalue weighted by Gasteiger charge is 2.21. The van der Waals surface area contributed by atoms with Crippen LogP contribution >= 0.6 is 0 Å². The average molecular weight is 705 g/mol. The molecule has 5 nitrogen and oxygen atoms in total. The molecule has 7 aromatic carbocycles. The Labute approximate surface area is 317 Å². The van der Waals surface area contributed by atoms with E-state index in [1.807, 2.05) is 24.4 Å². The summed E-state index contributed by atoms with van der Waals surface area (Å²) in [6, 6.07) is 65.6. The van der Waals surface area contributed by atoms with Crippen LogP contribution in [0.5, 0.6) is 11.6 Å². The zero-order valence-corrected chi connectivity index (χ0v) is 29.7. The minimum atomic E-state index is 0.525. The summed E-state index contributed by atoms with van der Waals surface area (Å²) in [5, 5.41) is 5.48. The molecule has 0 saturated heterocycles. The molecular formula is C50H32N4O. The number of pyridine rings is 2. The van der Waals surface area contributed by atoms with Crippen LogP contribution < -0.4 is 4.74 Å². The minimum absolute atomic E-state index is 0.525. The second-order valence-electron chi connectivity index (χ2n) is 13.8. The highest BCUT2D eigenvalue weighted by molar-refractivity contribution is 6.13. The standard InChI is InChI=1S/C50H32N4O/c1-4-15-33(16-5-1)37-23-14-24-38(34-17-6-2-7-18-34)48(37)46-32-51-49-43-31-36(27-28-39(43)40-21-10-13-26-45(40)54(46)49)55-47-30-29-42-41-22-11-12-25-44(41)53(50(42)52-47)35-19-8-3-9-20-35/h1-32H. The van der Waals surface area contributed by atoms with Gasteiger partial charge < -0.3 is 4.74 Å². The van der Waals surface area contributed by atoms with Crippen LogP contribution in [0, 0.1) is 0 Å². The molecule has 0 atom stereocenters. The van der Waals surface area contributed by atoms with E-state index in [2.05, 4.69) is 179 Å². The Morgan fingerprint density at radius 1 is 0.436 bits per heavy atom. The van der Waals surface area contributed by atoms with Crippen molar-refractivity contribution in [3.05, 3.63) is 194 Å². The summed E-state index contributed by atoms with van der Waals surface area (Å²) in [4.78, 5) is 10.3. The maximum Gasteiger partial charge on any atom is 0.221 e. The summed E-state index contributed by atoms with van der Waals surface area (Å²) in [5.74, 6) is 1.22. The highest BCUT2D eigenvalue weighted by atomic mass is 16.5. The molecule has 0 spiro atoms. The Morgan fingerprint density at radius 2 is 1.04 bits per heavy atom. The predicted molar refractivity (Wildman–Crippen MR) is 225 cm³/mol. The molecule has 0 fully saturated rings. The van der Waals surface area contributed by atoms with E-state index < -0.39 is 0 Å². The van der Waals surface area contributed by atoms with Gasteiger partial charge in [0.1, 0.15) is 17.0 Å². The zero-order valence-electron chi connectivity index (χ0n) is 29.7. The number of ether oxygens (including phenoxy) is 1. The van der Waals surface area contributed by atoms with Crippen molar-refractivity contribution in [2.75, 3.05) is 0 Å². The van der Waals surface area contributed by atoms with Gasteiger partial charge in [-0.05, 0) is 76.2 Å². The van der Waals surface area contributed by atoms with Crippen molar-refractivity contribution in [3.63, 3.8) is 0 Å². The van der Waals surface area contributed by atoms with Gasteiger partial charge in [0.25, 0.3) is 0 Å². The van der Waals surface area contributed by atoms with E-state index in [0.717, 1.165) is 88.5 Å². The van der Waals surface area contributed by atoms with Crippen molar-refractivity contribution in [2.24, 2.45) is 0 Å². The van der Waals surface area contributed by atoms with Gasteiger partial charge in [-0.1, -0.05) is 133 Å². The van der Waals surface area contributed by atoms with Crippen LogP contribution in [0.15, 0.2) is 194 Å². The summed E-state index contributed by atoms with van der Waals surface area (Å²) in [5.41, 5.74) is 11.7. The number of hydrogen-bond acceptors (Lipinski definition) is 3. The summed E-state index contributed by atoms with van der Waals surface area (Å²) in [6.07, 6.45) is 2.03. The molecule has 0 saturated carbocycles. The quantitative estimate of drug-likeness (QED) is 0.162. The molecule has 0 N–H and O–H groups in total. The third kappa shape index (κ3) is 5.02. The van der Waals surface area contributed by atoms with E-state index in [-0.39, 0.29) is 0 Å². The lowest BCUT2D eigenvalue weighted by atomic mass is 9.90. The Hall–Kier alpha value is -7.50. The lowest BCUT2D eigenvalue weighted by molar-refractivity contribution is 0.465. The van der Waals surface area contributed by atoms with E-state index in [9.17, 15) is 0 Å². The SMILES string of the molecule is c1ccc(-c2cccc(-c3ccccc3)c2-c2cnc3c4cc(Oc5ccc6c7ccccc7n(-c7ccccc7)c6n5)ccc4c4ccccc4n23)cc1. The fourth-order valence-corrected chi connectivity index (χ4v) is 8.25. The third-order valence-corrected chi connectivity index (χ3v) is 10.7. The largest absolute Gasteiger partial charge is 0.439 e. The minimum Gasteiger partial charge on any atom is -0.439 e. The number of para-hydroxylation sites is 3. The van der Waals surface area contributed by atoms with Crippen LogP contribution in [-0.4, -0.2) is 18.9 Å². The molecular weight excluding hydrogens is 673 g/mol. The van der Waals surface area contributed by atoms with Crippen molar-refractivity contribution in [1.29, 1.82) is 0 Å². The maximum atomic E-state index is 6.63. The van der Waals surface area contributed by atoms with Gasteiger partial charge in [-0.2, -0.15) is 4.98 Å². The summed E-state index contributed by atoms with van der Waals surface area (Å²) < 4.78 is 11.1. The van der Waals surface area contributed by atoms with Gasteiger partial charge in [0.2, 0.25) is 5.88 Å². The third-order valence-electron chi connectivity index (χ3n) is 10.7. The number of hydrogen-bond donors (Lipinski definition) is 0. The molecule has 0 aliphatic rings. The van der Waals surface area contributed by atoms with E-state index in [0.29, 0.717) is 11.6 Å². The lowest BCUT2D eigenvalue weighted by Crippen LogP contribution is -1.98. The van der Waals surface area contributed by atoms with E-state index in [4.69, 9.17) is 14.7 Å². The number of imidazole rings is 1. The summed E-state index contributed by atoms with van der Waals surface area (Å²) in [7, 11) is 0. The molecule has 55 heavy (non-hydrogen) atoms. The first-order valence-electron chi connectivity index (χ1n) is 18.5. The van der Waals surface area contributed by atoms with Gasteiger partial charge in [-0.25, -0.2) is 4.98 Å². The number of rotatable bonds is 6. The number of aromatic nitrogens is 4. The molecule has 0 amide bonds. The van der Waals surface area contributed by atoms with Crippen molar-refractivity contribution in [3.8, 4) is 50.8 Å². The zero-order chi connectivity index (χ0) is 36.3. The molecule has 0 aliphatic carbocycles. The smallest absolute Gasteiger partial charge is 0.221 e. The first-order chi connectivity index (χ1) is 27.3. The fourth-order valence-electron chi connectivity index (χ4n) is 8.25. The maximum absolute atomic E-state index is 6.63. The second kappa shape index (κ2) is 12.6. The Bertz CT molecular complexity index is 3160. The van der Waals surface area contributed by atoms with Crippen molar-refractivity contribution in [2.45, 2.75) is 0 Å². The van der Waals surface area contributed by atoms with Gasteiger partial charge >= 0.3 is 0 Å². The van der Waals surface area contributed by atoms with E-state index in [1.165, 1.54) is 0 Å². The topological polar surface area (TPSA) is 44.3 Å². The fraction of sp³-hybridized carbons (Fsp3) is 0. The van der Waals surface area contributed by atoms with Crippen LogP contribution in [0.4, 0.5) is 0 Å². The number of nitrogens with zero attached hydrogens (tertiary/aromatic N) is 4. The van der Waals surface area contributed by atoms with Gasteiger partial charge in [-0.15, -0.1) is 0 Å². The molecule has 0 aliphatic heterocycles. The van der Waals surface area contributed by atoms with Crippen molar-refractivity contribution < 1.29 is 4.74 Å². The predicted octanol–water partition coefficient (Wildman–Crippen LogP) is 12.9. The van der Waals surface area contributed by atoms with Crippen LogP contribution in [0.2, 0.25) is 0 Å². The van der Waals surface area contributed by atoms with E-state index in [1.54, 1.807) is 0 Å². The molecule has 4 aromatic heterocycles. The Morgan fingerprint density at radius 3 is 1.75 bits per heavy atom. The first-order valence-corrected chi connectivity index (χ1v) is 18.5. The van der Waals surface area contributed by atoms with Crippen LogP contribution in [-0.2, 0) is 0 Å². The number of benzene rings is 7. The molecule has 0 unspecified atom stereocenters. The molecule has 0 radical (unpaired) electrons. The van der Waals surface area contributed by atoms with Gasteiger partial charge in [0.05, 0.1) is 22.9 Å². The van der Waals surface area contributed by atoms with Crippen LogP contribution in [0.25, 0.3) is 88.5 Å². The summed E-state index contributed by atoms with van der Waals surface area (Å²) in [6.45, 7) is 0. The lowest BCUT2D eigenvalue weighted by Gasteiger charge is -2.17. The second-order valence-corrected chi connectivity index (χ2v) is 13.8.